The van der Waals surface area contributed by atoms with Gasteiger partial charge in [0, 0.05) is 16.5 Å². The zero-order valence-electron chi connectivity index (χ0n) is 26.8. The number of anilines is 1. The number of hydrogen-bond acceptors (Lipinski definition) is 5. The Morgan fingerprint density at radius 3 is 1.86 bits per heavy atom. The highest BCUT2D eigenvalue weighted by molar-refractivity contribution is 6.01. The van der Waals surface area contributed by atoms with E-state index in [9.17, 15) is 0 Å². The molecule has 0 spiro atoms. The summed E-state index contributed by atoms with van der Waals surface area (Å²) in [5.41, 5.74) is 10.1. The van der Waals surface area contributed by atoms with E-state index in [0.717, 1.165) is 61.4 Å². The van der Waals surface area contributed by atoms with Crippen molar-refractivity contribution in [2.45, 2.75) is 18.6 Å². The molecule has 5 nitrogen and oxygen atoms in total. The van der Waals surface area contributed by atoms with Crippen molar-refractivity contribution in [1.82, 2.24) is 10.6 Å². The van der Waals surface area contributed by atoms with Crippen LogP contribution in [0, 0.1) is 0 Å². The predicted molar refractivity (Wildman–Crippen MR) is 199 cm³/mol. The quantitative estimate of drug-likeness (QED) is 0.170. The molecule has 2 aliphatic heterocycles. The van der Waals surface area contributed by atoms with Crippen LogP contribution in [0.1, 0.15) is 40.8 Å². The molecule has 3 atom stereocenters. The second-order valence-electron chi connectivity index (χ2n) is 12.5. The van der Waals surface area contributed by atoms with E-state index >= 15 is 0 Å². The van der Waals surface area contributed by atoms with E-state index in [1.54, 1.807) is 0 Å². The van der Waals surface area contributed by atoms with Gasteiger partial charge in [0.15, 0.2) is 12.0 Å². The first kappa shape index (κ1) is 29.0. The summed E-state index contributed by atoms with van der Waals surface area (Å²) in [6.45, 7) is 0. The van der Waals surface area contributed by atoms with E-state index in [2.05, 4.69) is 155 Å². The predicted octanol–water partition coefficient (Wildman–Crippen LogP) is 10.0. The average Bonchev–Trinajstić information content (AvgIpc) is 3.64. The van der Waals surface area contributed by atoms with Crippen LogP contribution in [0.5, 0.6) is 5.75 Å². The molecule has 0 radical (unpaired) electrons. The average molecular weight is 635 g/mol. The Balaban J connectivity index is 1.04. The maximum Gasteiger partial charge on any atom is 0.196 e. The summed E-state index contributed by atoms with van der Waals surface area (Å²) >= 11 is 0. The first-order valence-corrected chi connectivity index (χ1v) is 16.7. The van der Waals surface area contributed by atoms with Crippen LogP contribution < -0.4 is 20.7 Å². The van der Waals surface area contributed by atoms with Gasteiger partial charge in [0.25, 0.3) is 0 Å². The topological polar surface area (TPSA) is 57.7 Å². The molecule has 0 bridgehead atoms. The van der Waals surface area contributed by atoms with Crippen molar-refractivity contribution in [3.05, 3.63) is 192 Å². The van der Waals surface area contributed by atoms with E-state index < -0.39 is 0 Å². The molecule has 9 rings (SSSR count). The summed E-state index contributed by atoms with van der Waals surface area (Å²) in [5, 5.41) is 13.2. The largest absolute Gasteiger partial charge is 0.464 e. The third-order valence-electron chi connectivity index (χ3n) is 9.40. The molecular weight excluding hydrogens is 601 g/mol. The molecular formula is C44H34N4O. The molecule has 7 aromatic rings. The Morgan fingerprint density at radius 1 is 0.469 bits per heavy atom. The lowest BCUT2D eigenvalue weighted by Gasteiger charge is -2.32. The van der Waals surface area contributed by atoms with Crippen LogP contribution in [0.4, 0.5) is 5.69 Å². The van der Waals surface area contributed by atoms with Crippen LogP contribution in [-0.4, -0.2) is 5.84 Å². The molecule has 2 heterocycles. The van der Waals surface area contributed by atoms with Crippen molar-refractivity contribution >= 4 is 22.3 Å². The number of fused-ring (bicyclic) bond motifs is 3. The van der Waals surface area contributed by atoms with Gasteiger partial charge in [-0.15, -0.1) is 0 Å². The third-order valence-corrected chi connectivity index (χ3v) is 9.40. The van der Waals surface area contributed by atoms with Crippen molar-refractivity contribution in [3.63, 3.8) is 0 Å². The molecule has 0 aromatic heterocycles. The monoisotopic (exact) mass is 634 g/mol. The molecule has 0 amide bonds. The highest BCUT2D eigenvalue weighted by atomic mass is 16.5. The van der Waals surface area contributed by atoms with Crippen LogP contribution in [0.15, 0.2) is 175 Å². The van der Waals surface area contributed by atoms with E-state index in [0.29, 0.717) is 0 Å². The Hall–Kier alpha value is -6.17. The van der Waals surface area contributed by atoms with Crippen molar-refractivity contribution in [1.29, 1.82) is 0 Å². The van der Waals surface area contributed by atoms with Gasteiger partial charge in [-0.1, -0.05) is 152 Å². The minimum atomic E-state index is -0.210. The fourth-order valence-electron chi connectivity index (χ4n) is 6.81. The van der Waals surface area contributed by atoms with Crippen molar-refractivity contribution in [2.24, 2.45) is 4.99 Å². The van der Waals surface area contributed by atoms with Crippen molar-refractivity contribution in [2.75, 3.05) is 5.32 Å². The SMILES string of the molecule is c1ccc(-c2ccc(C3NC(c4cccc(-c5ccc6ccc7c(c6c5)OC(c5ccccc5)N7)c4)=NC(c4ccccc4)N3)cc2)cc1. The van der Waals surface area contributed by atoms with Crippen molar-refractivity contribution < 1.29 is 4.74 Å². The zero-order valence-corrected chi connectivity index (χ0v) is 26.8. The number of rotatable bonds is 6. The molecule has 236 valence electrons. The van der Waals surface area contributed by atoms with Gasteiger partial charge < -0.3 is 15.4 Å². The van der Waals surface area contributed by atoms with Gasteiger partial charge in [0.1, 0.15) is 18.2 Å². The van der Waals surface area contributed by atoms with Crippen LogP contribution in [0.25, 0.3) is 33.0 Å². The maximum absolute atomic E-state index is 6.51. The van der Waals surface area contributed by atoms with Gasteiger partial charge in [0.05, 0.1) is 5.69 Å². The molecule has 2 aliphatic rings. The van der Waals surface area contributed by atoms with E-state index in [1.807, 2.05) is 30.3 Å². The lowest BCUT2D eigenvalue weighted by Crippen LogP contribution is -2.44. The smallest absolute Gasteiger partial charge is 0.196 e. The van der Waals surface area contributed by atoms with Gasteiger partial charge in [0.2, 0.25) is 0 Å². The second-order valence-corrected chi connectivity index (χ2v) is 12.5. The summed E-state index contributed by atoms with van der Waals surface area (Å²) in [4.78, 5) is 5.20. The third kappa shape index (κ3) is 5.71. The maximum atomic E-state index is 6.51. The molecule has 49 heavy (non-hydrogen) atoms. The Bertz CT molecular complexity index is 2290. The standard InChI is InChI=1S/C44H34N4O/c1-4-11-29(12-5-1)30-19-22-33(23-20-30)42-46-41(32-13-6-2-7-14-32)47-43(48-42)37-18-10-17-35(27-37)36-24-21-31-25-26-39-40(38(31)28-36)49-44(45-39)34-15-8-3-9-16-34/h1-28,41-42,44-46H,(H,47,48). The highest BCUT2D eigenvalue weighted by Gasteiger charge is 2.27. The molecule has 7 aromatic carbocycles. The molecule has 3 unspecified atom stereocenters. The van der Waals surface area contributed by atoms with Crippen molar-refractivity contribution in [3.8, 4) is 28.0 Å². The fraction of sp³-hybridized carbons (Fsp3) is 0.0682. The summed E-state index contributed by atoms with van der Waals surface area (Å²) in [6, 6.07) is 59.5. The Morgan fingerprint density at radius 2 is 1.08 bits per heavy atom. The van der Waals surface area contributed by atoms with Gasteiger partial charge in [-0.25, -0.2) is 4.99 Å². The molecule has 5 heteroatoms. The first-order chi connectivity index (χ1) is 24.2. The van der Waals surface area contributed by atoms with Gasteiger partial charge in [-0.3, -0.25) is 5.32 Å². The Labute approximate surface area is 286 Å². The molecule has 3 N–H and O–H groups in total. The van der Waals surface area contributed by atoms with Crippen LogP contribution >= 0.6 is 0 Å². The van der Waals surface area contributed by atoms with Crippen LogP contribution in [0.3, 0.4) is 0 Å². The number of nitrogens with zero attached hydrogens (tertiary/aromatic N) is 1. The van der Waals surface area contributed by atoms with Crippen LogP contribution in [0.2, 0.25) is 0 Å². The number of benzene rings is 7. The van der Waals surface area contributed by atoms with E-state index in [4.69, 9.17) is 9.73 Å². The normalized spacial score (nSPS) is 18.1. The zero-order chi connectivity index (χ0) is 32.6. The number of hydrogen-bond donors (Lipinski definition) is 3. The summed E-state index contributed by atoms with van der Waals surface area (Å²) < 4.78 is 6.51. The number of amidine groups is 1. The van der Waals surface area contributed by atoms with E-state index in [1.165, 1.54) is 11.1 Å². The summed E-state index contributed by atoms with van der Waals surface area (Å²) in [6.07, 6.45) is -0.542. The number of aliphatic imine (C=N–C) groups is 1. The second kappa shape index (κ2) is 12.5. The van der Waals surface area contributed by atoms with E-state index in [-0.39, 0.29) is 18.6 Å². The lowest BCUT2D eigenvalue weighted by atomic mass is 9.98. The summed E-state index contributed by atoms with van der Waals surface area (Å²) in [5.74, 6) is 1.74. The van der Waals surface area contributed by atoms with Gasteiger partial charge in [-0.2, -0.15) is 0 Å². The molecule has 0 saturated carbocycles. The van der Waals surface area contributed by atoms with Gasteiger partial charge >= 0.3 is 0 Å². The lowest BCUT2D eigenvalue weighted by molar-refractivity contribution is 0.262. The first-order valence-electron chi connectivity index (χ1n) is 16.7. The molecule has 0 aliphatic carbocycles. The van der Waals surface area contributed by atoms with Crippen LogP contribution in [-0.2, 0) is 0 Å². The molecule has 0 fully saturated rings. The summed E-state index contributed by atoms with van der Waals surface area (Å²) in [7, 11) is 0. The fourth-order valence-corrected chi connectivity index (χ4v) is 6.81. The Kier molecular flexibility index (Phi) is 7.37. The highest BCUT2D eigenvalue weighted by Crippen LogP contribution is 2.44. The van der Waals surface area contributed by atoms with Gasteiger partial charge in [-0.05, 0) is 57.0 Å². The minimum Gasteiger partial charge on any atom is -0.464 e. The number of ether oxygens (including phenoxy) is 1. The molecule has 0 saturated heterocycles. The number of nitrogens with one attached hydrogen (secondary N) is 3. The minimum absolute atomic E-state index is 0.128.